The number of hydrogen-bond donors (Lipinski definition) is 2. The number of benzene rings is 1. The first-order valence-electron chi connectivity index (χ1n) is 5.06. The molecule has 0 bridgehead atoms. The molecule has 98 valence electrons. The molecule has 2 N–H and O–H groups in total. The van der Waals surface area contributed by atoms with Gasteiger partial charge < -0.3 is 5.32 Å². The Morgan fingerprint density at radius 3 is 2.53 bits per heavy atom. The highest BCUT2D eigenvalue weighted by molar-refractivity contribution is 6.30. The standard InChI is InChI=1S/C11H7ClFN3O3/c12-6-1-3-7(4-2-6)14-10(18)16-5-8(13)9(17)15-11(16)19/h1-5H,(H,14,18)(H,15,17,19). The molecule has 0 saturated carbocycles. The zero-order valence-corrected chi connectivity index (χ0v) is 10.1. The number of rotatable bonds is 1. The Balaban J connectivity index is 2.30. The van der Waals surface area contributed by atoms with Crippen LogP contribution < -0.4 is 16.6 Å². The van der Waals surface area contributed by atoms with Gasteiger partial charge in [0.25, 0.3) is 5.56 Å². The van der Waals surface area contributed by atoms with Gasteiger partial charge in [-0.1, -0.05) is 11.6 Å². The SMILES string of the molecule is O=C(Nc1ccc(Cl)cc1)n1cc(F)c(=O)[nH]c1=O. The van der Waals surface area contributed by atoms with E-state index in [1.807, 2.05) is 0 Å². The Hall–Kier alpha value is -2.41. The van der Waals surface area contributed by atoms with Crippen LogP contribution in [0.25, 0.3) is 0 Å². The van der Waals surface area contributed by atoms with Crippen molar-refractivity contribution in [3.05, 3.63) is 62.1 Å². The molecular weight excluding hydrogens is 277 g/mol. The lowest BCUT2D eigenvalue weighted by Gasteiger charge is -2.06. The van der Waals surface area contributed by atoms with Gasteiger partial charge in [0, 0.05) is 10.7 Å². The van der Waals surface area contributed by atoms with Gasteiger partial charge in [-0.05, 0) is 24.3 Å². The van der Waals surface area contributed by atoms with E-state index in [-0.39, 0.29) is 0 Å². The van der Waals surface area contributed by atoms with Crippen molar-refractivity contribution >= 4 is 23.3 Å². The van der Waals surface area contributed by atoms with Crippen LogP contribution in [0.3, 0.4) is 0 Å². The Morgan fingerprint density at radius 2 is 1.89 bits per heavy atom. The second-order valence-corrected chi connectivity index (χ2v) is 3.98. The van der Waals surface area contributed by atoms with Gasteiger partial charge in [0.1, 0.15) is 0 Å². The van der Waals surface area contributed by atoms with Crippen LogP contribution >= 0.6 is 11.6 Å². The van der Waals surface area contributed by atoms with Gasteiger partial charge in [-0.2, -0.15) is 4.39 Å². The van der Waals surface area contributed by atoms with Gasteiger partial charge in [0.2, 0.25) is 5.82 Å². The zero-order valence-electron chi connectivity index (χ0n) is 9.31. The monoisotopic (exact) mass is 283 g/mol. The topological polar surface area (TPSA) is 84.0 Å². The van der Waals surface area contributed by atoms with E-state index in [0.29, 0.717) is 21.5 Å². The number of carbonyl (C=O) groups excluding carboxylic acids is 1. The molecule has 6 nitrogen and oxygen atoms in total. The third-order valence-electron chi connectivity index (χ3n) is 2.21. The lowest BCUT2D eigenvalue weighted by atomic mass is 10.3. The Labute approximate surface area is 110 Å². The second-order valence-electron chi connectivity index (χ2n) is 3.54. The predicted molar refractivity (Wildman–Crippen MR) is 67.1 cm³/mol. The summed E-state index contributed by atoms with van der Waals surface area (Å²) < 4.78 is 13.4. The largest absolute Gasteiger partial charge is 0.336 e. The van der Waals surface area contributed by atoms with Gasteiger partial charge >= 0.3 is 11.7 Å². The Morgan fingerprint density at radius 1 is 1.26 bits per heavy atom. The number of H-pyrrole nitrogens is 1. The third kappa shape index (κ3) is 2.89. The van der Waals surface area contributed by atoms with Gasteiger partial charge in [0.05, 0.1) is 6.20 Å². The molecule has 1 aromatic heterocycles. The Bertz CT molecular complexity index is 736. The third-order valence-corrected chi connectivity index (χ3v) is 2.46. The van der Waals surface area contributed by atoms with Crippen molar-refractivity contribution in [3.63, 3.8) is 0 Å². The van der Waals surface area contributed by atoms with Crippen LogP contribution in [0, 0.1) is 5.82 Å². The van der Waals surface area contributed by atoms with E-state index in [2.05, 4.69) is 5.32 Å². The maximum atomic E-state index is 13.0. The van der Waals surface area contributed by atoms with E-state index >= 15 is 0 Å². The van der Waals surface area contributed by atoms with Crippen LogP contribution in [-0.2, 0) is 0 Å². The van der Waals surface area contributed by atoms with E-state index in [9.17, 15) is 18.8 Å². The molecule has 2 aromatic rings. The molecule has 0 aliphatic carbocycles. The summed E-state index contributed by atoms with van der Waals surface area (Å²) in [5.41, 5.74) is -1.84. The summed E-state index contributed by atoms with van der Waals surface area (Å²) >= 11 is 5.67. The van der Waals surface area contributed by atoms with Crippen molar-refractivity contribution in [1.29, 1.82) is 0 Å². The molecule has 0 saturated heterocycles. The normalized spacial score (nSPS) is 10.2. The van der Waals surface area contributed by atoms with E-state index in [1.165, 1.54) is 24.3 Å². The number of aromatic amines is 1. The number of hydrogen-bond acceptors (Lipinski definition) is 3. The van der Waals surface area contributed by atoms with E-state index in [4.69, 9.17) is 11.6 Å². The van der Waals surface area contributed by atoms with Gasteiger partial charge in [-0.3, -0.25) is 9.78 Å². The van der Waals surface area contributed by atoms with E-state index in [1.54, 1.807) is 4.98 Å². The molecule has 0 aliphatic heterocycles. The molecular formula is C11H7ClFN3O3. The highest BCUT2D eigenvalue weighted by atomic mass is 35.5. The summed E-state index contributed by atoms with van der Waals surface area (Å²) in [6, 6.07) is 5.18. The quantitative estimate of drug-likeness (QED) is 0.830. The summed E-state index contributed by atoms with van der Waals surface area (Å²) in [6.45, 7) is 0. The highest BCUT2D eigenvalue weighted by Crippen LogP contribution is 2.13. The minimum Gasteiger partial charge on any atom is -0.307 e. The second kappa shape index (κ2) is 5.07. The van der Waals surface area contributed by atoms with Crippen LogP contribution in [0.15, 0.2) is 40.1 Å². The van der Waals surface area contributed by atoms with Crippen LogP contribution in [0.4, 0.5) is 14.9 Å². The fourth-order valence-corrected chi connectivity index (χ4v) is 1.44. The Kier molecular flexibility index (Phi) is 3.48. The average molecular weight is 284 g/mol. The minimum atomic E-state index is -1.23. The number of nitrogens with one attached hydrogen (secondary N) is 2. The van der Waals surface area contributed by atoms with Crippen molar-refractivity contribution in [2.24, 2.45) is 0 Å². The summed E-state index contributed by atoms with van der Waals surface area (Å²) in [6.07, 6.45) is 0.520. The summed E-state index contributed by atoms with van der Waals surface area (Å²) in [7, 11) is 0. The number of aromatic nitrogens is 2. The van der Waals surface area contributed by atoms with Crippen LogP contribution in [0.2, 0.25) is 5.02 Å². The molecule has 2 rings (SSSR count). The molecule has 0 aliphatic rings. The fraction of sp³-hybridized carbons (Fsp3) is 0. The number of amides is 1. The lowest BCUT2D eigenvalue weighted by molar-refractivity contribution is 0.252. The number of halogens is 2. The zero-order chi connectivity index (χ0) is 14.0. The highest BCUT2D eigenvalue weighted by Gasteiger charge is 2.10. The molecule has 0 spiro atoms. The molecule has 1 aromatic carbocycles. The van der Waals surface area contributed by atoms with E-state index in [0.717, 1.165) is 0 Å². The van der Waals surface area contributed by atoms with Crippen molar-refractivity contribution in [3.8, 4) is 0 Å². The fourth-order valence-electron chi connectivity index (χ4n) is 1.32. The maximum absolute atomic E-state index is 13.0. The molecule has 0 fully saturated rings. The first-order chi connectivity index (χ1) is 8.97. The first-order valence-corrected chi connectivity index (χ1v) is 5.43. The van der Waals surface area contributed by atoms with Gasteiger partial charge in [-0.15, -0.1) is 0 Å². The van der Waals surface area contributed by atoms with Gasteiger partial charge in [-0.25, -0.2) is 14.2 Å². The van der Waals surface area contributed by atoms with Crippen LogP contribution in [-0.4, -0.2) is 15.6 Å². The lowest BCUT2D eigenvalue weighted by Crippen LogP contribution is -2.37. The van der Waals surface area contributed by atoms with Crippen molar-refractivity contribution < 1.29 is 9.18 Å². The van der Waals surface area contributed by atoms with Crippen molar-refractivity contribution in [1.82, 2.24) is 9.55 Å². The first kappa shape index (κ1) is 13.0. The smallest absolute Gasteiger partial charge is 0.307 e. The maximum Gasteiger partial charge on any atom is 0.336 e. The number of carbonyl (C=O) groups is 1. The number of nitrogens with zero attached hydrogens (tertiary/aromatic N) is 1. The summed E-state index contributed by atoms with van der Waals surface area (Å²) in [4.78, 5) is 35.5. The number of anilines is 1. The average Bonchev–Trinajstić information content (AvgIpc) is 2.36. The summed E-state index contributed by atoms with van der Waals surface area (Å²) in [5, 5.41) is 2.83. The van der Waals surface area contributed by atoms with Gasteiger partial charge in [0.15, 0.2) is 0 Å². The molecule has 1 amide bonds. The van der Waals surface area contributed by atoms with Crippen LogP contribution in [0.1, 0.15) is 0 Å². The molecule has 0 radical (unpaired) electrons. The van der Waals surface area contributed by atoms with E-state index < -0.39 is 23.1 Å². The van der Waals surface area contributed by atoms with Crippen molar-refractivity contribution in [2.75, 3.05) is 5.32 Å². The minimum absolute atomic E-state index is 0.368. The molecule has 0 unspecified atom stereocenters. The summed E-state index contributed by atoms with van der Waals surface area (Å²) in [5.74, 6) is -1.23. The predicted octanol–water partition coefficient (Wildman–Crippen LogP) is 1.41. The van der Waals surface area contributed by atoms with Crippen LogP contribution in [0.5, 0.6) is 0 Å². The van der Waals surface area contributed by atoms with Crippen molar-refractivity contribution in [2.45, 2.75) is 0 Å². The molecule has 1 heterocycles. The molecule has 0 atom stereocenters. The molecule has 8 heteroatoms. The molecule has 19 heavy (non-hydrogen) atoms.